The van der Waals surface area contributed by atoms with Crippen LogP contribution in [0.5, 0.6) is 0 Å². The summed E-state index contributed by atoms with van der Waals surface area (Å²) < 4.78 is 0. The minimum atomic E-state index is -1.37. The van der Waals surface area contributed by atoms with Gasteiger partial charge >= 0.3 is 58.4 Å². The standard InChI is InChI=1S/C43H40P2.2Au.2ClH/c1-29-23-30(2)26-36(25-29)44(37-27-31(3)24-32(4)28-37)33(5)38-19-12-22-41(38)45(42-20-10-15-34-13-6-8-17-39(34)42)43-21-11-16-35-14-7-9-18-40(35)43;;;;/h6-28,33,45H,1-5H3;;;2*1H/q;2*+1;;/p-1/t33-;;;;/m1..../s1. The van der Waals surface area contributed by atoms with Gasteiger partial charge in [0.1, 0.15) is 0 Å². The van der Waals surface area contributed by atoms with Crippen molar-refractivity contribution in [2.75, 3.05) is 0 Å². The van der Waals surface area contributed by atoms with Crippen LogP contribution in [0.15, 0.2) is 140 Å². The van der Waals surface area contributed by atoms with Gasteiger partial charge in [-0.05, 0) is 104 Å². The average molecular weight is 1080 g/mol. The molecule has 0 bridgehead atoms. The molecule has 0 fully saturated rings. The molecule has 7 aromatic carbocycles. The molecule has 0 aromatic heterocycles. The molecule has 7 rings (SSSR count). The molecule has 7 aromatic rings. The van der Waals surface area contributed by atoms with Crippen LogP contribution in [0.1, 0.15) is 40.4 Å². The van der Waals surface area contributed by atoms with Gasteiger partial charge in [0.05, 0.1) is 42.7 Å². The number of benzene rings is 6. The fourth-order valence-corrected chi connectivity index (χ4v) is 14.3. The molecule has 0 aliphatic heterocycles. The Kier molecular flexibility index (Phi) is 14.1. The van der Waals surface area contributed by atoms with E-state index in [9.17, 15) is 0 Å². The molecule has 0 nitrogen and oxygen atoms in total. The Morgan fingerprint density at radius 3 is 1.37 bits per heavy atom. The summed E-state index contributed by atoms with van der Waals surface area (Å²) in [5.74, 6) is 0. The van der Waals surface area contributed by atoms with Crippen LogP contribution in [-0.2, 0) is 40.0 Å². The van der Waals surface area contributed by atoms with Gasteiger partial charge in [-0.3, -0.25) is 0 Å². The van der Waals surface area contributed by atoms with E-state index in [0.717, 1.165) is 0 Å². The molecule has 0 aliphatic carbocycles. The van der Waals surface area contributed by atoms with Crippen molar-refractivity contribution in [3.63, 3.8) is 0 Å². The summed E-state index contributed by atoms with van der Waals surface area (Å²) in [5.41, 5.74) is 7.29. The average Bonchev–Trinajstić information content (AvgIpc) is 3.59. The number of rotatable bonds is 7. The molecule has 0 unspecified atom stereocenters. The summed E-state index contributed by atoms with van der Waals surface area (Å²) in [6.45, 7) is 11.5. The van der Waals surface area contributed by atoms with Crippen LogP contribution in [0.2, 0.25) is 0 Å². The van der Waals surface area contributed by atoms with Crippen molar-refractivity contribution >= 4 is 82.3 Å². The quantitative estimate of drug-likeness (QED) is 0.0848. The third kappa shape index (κ3) is 8.60. The second-order valence-corrected chi connectivity index (χ2v) is 17.9. The predicted molar refractivity (Wildman–Crippen MR) is 217 cm³/mol. The summed E-state index contributed by atoms with van der Waals surface area (Å²) in [7, 11) is 6.62. The zero-order valence-electron chi connectivity index (χ0n) is 28.2. The molecule has 0 spiro atoms. The van der Waals surface area contributed by atoms with E-state index in [2.05, 4.69) is 193 Å². The van der Waals surface area contributed by atoms with Crippen LogP contribution < -0.4 is 26.5 Å². The van der Waals surface area contributed by atoms with Gasteiger partial charge in [-0.2, -0.15) is 0 Å². The third-order valence-electron chi connectivity index (χ3n) is 9.20. The van der Waals surface area contributed by atoms with Crippen LogP contribution in [0, 0.1) is 27.7 Å². The molecular weight excluding hydrogens is 1040 g/mol. The molecule has 49 heavy (non-hydrogen) atoms. The summed E-state index contributed by atoms with van der Waals surface area (Å²) in [6, 6.07) is 53.4. The van der Waals surface area contributed by atoms with E-state index in [4.69, 9.17) is 0 Å². The summed E-state index contributed by atoms with van der Waals surface area (Å²) in [6.07, 6.45) is 0. The normalized spacial score (nSPS) is 11.7. The molecule has 0 aliphatic rings. The molecule has 258 valence electrons. The van der Waals surface area contributed by atoms with Crippen molar-refractivity contribution in [3.05, 3.63) is 167 Å². The Labute approximate surface area is 327 Å². The number of aryl methyl sites for hydroxylation is 4. The molecule has 0 heterocycles. The van der Waals surface area contributed by atoms with Crippen LogP contribution in [-0.4, -0.2) is 0 Å². The van der Waals surface area contributed by atoms with Crippen molar-refractivity contribution in [1.29, 1.82) is 0 Å². The first-order chi connectivity index (χ1) is 23.9. The van der Waals surface area contributed by atoms with Crippen LogP contribution in [0.3, 0.4) is 0 Å². The maximum atomic E-state index is 4.58. The van der Waals surface area contributed by atoms with E-state index in [-0.39, 0.29) is 0 Å². The van der Waals surface area contributed by atoms with Gasteiger partial charge in [0.25, 0.3) is 0 Å². The zero-order chi connectivity index (χ0) is 35.1. The van der Waals surface area contributed by atoms with Crippen LogP contribution in [0.4, 0.5) is 0 Å². The molecule has 1 atom stereocenters. The van der Waals surface area contributed by atoms with E-state index in [1.165, 1.54) is 75.9 Å². The van der Waals surface area contributed by atoms with E-state index < -0.39 is 15.8 Å². The van der Waals surface area contributed by atoms with E-state index >= 15 is 0 Å². The molecule has 0 N–H and O–H groups in total. The molecule has 0 saturated heterocycles. The van der Waals surface area contributed by atoms with E-state index in [1.807, 2.05) is 0 Å². The first-order valence-electron chi connectivity index (χ1n) is 16.2. The van der Waals surface area contributed by atoms with Crippen molar-refractivity contribution in [3.8, 4) is 0 Å². The SMILES string of the molecule is Cc1cc(C)cc([PH+](c2cc(C)cc(C)c2)[C@H](C)c2ccc[c-]2[PH+](c2cccc3ccccc23)c2cccc3ccccc23)c1.[Cl][Au].[Cl][Au]. The van der Waals surface area contributed by atoms with Gasteiger partial charge in [0.2, 0.25) is 0 Å². The number of halogens is 2. The van der Waals surface area contributed by atoms with Crippen LogP contribution >= 0.6 is 34.2 Å². The Morgan fingerprint density at radius 2 is 0.918 bits per heavy atom. The summed E-state index contributed by atoms with van der Waals surface area (Å²) in [5, 5.41) is 12.9. The Bertz CT molecular complexity index is 1990. The monoisotopic (exact) mass is 1080 g/mol. The number of hydrogen-bond donors (Lipinski definition) is 0. The minimum absolute atomic E-state index is 0.382. The van der Waals surface area contributed by atoms with E-state index in [1.54, 1.807) is 40.0 Å². The molecule has 0 radical (unpaired) electrons. The van der Waals surface area contributed by atoms with E-state index in [0.29, 0.717) is 5.66 Å². The Morgan fingerprint density at radius 1 is 0.510 bits per heavy atom. The number of hydrogen-bond acceptors (Lipinski definition) is 0. The fourth-order valence-electron chi connectivity index (χ4n) is 7.44. The topological polar surface area (TPSA) is 0 Å². The second kappa shape index (κ2) is 18.0. The van der Waals surface area contributed by atoms with Gasteiger partial charge < -0.3 is 0 Å². The van der Waals surface area contributed by atoms with Crippen LogP contribution in [0.25, 0.3) is 21.5 Å². The van der Waals surface area contributed by atoms with Gasteiger partial charge in [-0.1, -0.05) is 90.5 Å². The zero-order valence-corrected chi connectivity index (χ0v) is 36.1. The first kappa shape index (κ1) is 38.3. The predicted octanol–water partition coefficient (Wildman–Crippen LogP) is 10.7. The molecular formula is C43H41Au2Cl2P2+. The van der Waals surface area contributed by atoms with Gasteiger partial charge in [0, 0.05) is 16.1 Å². The van der Waals surface area contributed by atoms with Gasteiger partial charge in [0.15, 0.2) is 0 Å². The van der Waals surface area contributed by atoms with Gasteiger partial charge in [-0.25, -0.2) is 12.1 Å². The van der Waals surface area contributed by atoms with Crippen molar-refractivity contribution in [1.82, 2.24) is 0 Å². The molecule has 0 amide bonds. The second-order valence-electron chi connectivity index (χ2n) is 12.7. The van der Waals surface area contributed by atoms with Crippen molar-refractivity contribution < 1.29 is 40.0 Å². The Balaban J connectivity index is 0.00000113. The fraction of sp³-hybridized carbons (Fsp3) is 0.140. The van der Waals surface area contributed by atoms with Crippen molar-refractivity contribution in [2.45, 2.75) is 40.3 Å². The first-order valence-corrected chi connectivity index (χ1v) is 24.7. The van der Waals surface area contributed by atoms with Gasteiger partial charge in [-0.15, -0.1) is 6.07 Å². The summed E-state index contributed by atoms with van der Waals surface area (Å²) >= 11 is 3.50. The summed E-state index contributed by atoms with van der Waals surface area (Å²) in [4.78, 5) is 0. The molecule has 0 saturated carbocycles. The third-order valence-corrected chi connectivity index (χ3v) is 15.1. The number of fused-ring (bicyclic) bond motifs is 2. The Hall–Kier alpha value is -1.89. The maximum absolute atomic E-state index is 4.58. The molecule has 6 heteroatoms. The van der Waals surface area contributed by atoms with Crippen molar-refractivity contribution in [2.24, 2.45) is 0 Å².